The Labute approximate surface area is 117 Å². The minimum absolute atomic E-state index is 0.00934. The fourth-order valence-electron chi connectivity index (χ4n) is 2.87. The standard InChI is InChI=1S/C13H21N3O4/c17-11-8-15(7-3-6-14-11)13(20)16(9-12(18)19)10-4-1-2-5-10/h10H,1-9H2,(H,14,17)(H,18,19). The van der Waals surface area contributed by atoms with Crippen molar-refractivity contribution in [3.05, 3.63) is 0 Å². The molecule has 7 heteroatoms. The highest BCUT2D eigenvalue weighted by molar-refractivity contribution is 5.86. The lowest BCUT2D eigenvalue weighted by Gasteiger charge is -2.32. The summed E-state index contributed by atoms with van der Waals surface area (Å²) in [6.45, 7) is 0.772. The lowest BCUT2D eigenvalue weighted by molar-refractivity contribution is -0.138. The van der Waals surface area contributed by atoms with E-state index in [-0.39, 0.29) is 31.1 Å². The van der Waals surface area contributed by atoms with Crippen LogP contribution in [0.4, 0.5) is 4.79 Å². The van der Waals surface area contributed by atoms with Gasteiger partial charge in [0.25, 0.3) is 0 Å². The lowest BCUT2D eigenvalue weighted by Crippen LogP contribution is -2.51. The molecule has 112 valence electrons. The summed E-state index contributed by atoms with van der Waals surface area (Å²) >= 11 is 0. The van der Waals surface area contributed by atoms with Crippen molar-refractivity contribution in [2.24, 2.45) is 0 Å². The number of rotatable bonds is 3. The molecule has 1 saturated carbocycles. The van der Waals surface area contributed by atoms with E-state index in [1.165, 1.54) is 9.80 Å². The number of nitrogens with one attached hydrogen (secondary N) is 1. The van der Waals surface area contributed by atoms with Crippen molar-refractivity contribution in [3.63, 3.8) is 0 Å². The Morgan fingerprint density at radius 2 is 2.00 bits per heavy atom. The van der Waals surface area contributed by atoms with Gasteiger partial charge in [-0.1, -0.05) is 12.8 Å². The molecule has 0 aromatic carbocycles. The zero-order chi connectivity index (χ0) is 14.5. The number of hydrogen-bond donors (Lipinski definition) is 2. The minimum Gasteiger partial charge on any atom is -0.480 e. The monoisotopic (exact) mass is 283 g/mol. The molecule has 0 bridgehead atoms. The molecular formula is C13H21N3O4. The molecule has 1 aliphatic carbocycles. The van der Waals surface area contributed by atoms with E-state index in [2.05, 4.69) is 5.32 Å². The average Bonchev–Trinajstić information content (AvgIpc) is 2.84. The van der Waals surface area contributed by atoms with Gasteiger partial charge in [0.05, 0.1) is 0 Å². The van der Waals surface area contributed by atoms with Crippen LogP contribution < -0.4 is 5.32 Å². The van der Waals surface area contributed by atoms with Gasteiger partial charge < -0.3 is 20.2 Å². The molecule has 0 atom stereocenters. The first-order valence-corrected chi connectivity index (χ1v) is 7.12. The van der Waals surface area contributed by atoms with Gasteiger partial charge in [0.2, 0.25) is 5.91 Å². The second kappa shape index (κ2) is 6.58. The zero-order valence-corrected chi connectivity index (χ0v) is 11.5. The second-order valence-electron chi connectivity index (χ2n) is 5.37. The SMILES string of the molecule is O=C(O)CN(C(=O)N1CCCNC(=O)C1)C1CCCC1. The van der Waals surface area contributed by atoms with E-state index >= 15 is 0 Å². The first-order chi connectivity index (χ1) is 9.58. The number of carbonyl (C=O) groups is 3. The largest absolute Gasteiger partial charge is 0.480 e. The zero-order valence-electron chi connectivity index (χ0n) is 11.5. The molecular weight excluding hydrogens is 262 g/mol. The van der Waals surface area contributed by atoms with E-state index in [1.54, 1.807) is 0 Å². The summed E-state index contributed by atoms with van der Waals surface area (Å²) in [6.07, 6.45) is 4.43. The molecule has 2 N–H and O–H groups in total. The molecule has 3 amide bonds. The number of carboxylic acid groups (broad SMARTS) is 1. The molecule has 1 aliphatic heterocycles. The van der Waals surface area contributed by atoms with Crippen LogP contribution in [0.2, 0.25) is 0 Å². The van der Waals surface area contributed by atoms with Crippen molar-refractivity contribution in [2.75, 3.05) is 26.2 Å². The highest BCUT2D eigenvalue weighted by Gasteiger charge is 2.32. The normalized spacial score (nSPS) is 20.4. The number of urea groups is 1. The van der Waals surface area contributed by atoms with Gasteiger partial charge in [-0.05, 0) is 19.3 Å². The number of hydrogen-bond acceptors (Lipinski definition) is 3. The van der Waals surface area contributed by atoms with Crippen LogP contribution in [-0.2, 0) is 9.59 Å². The van der Waals surface area contributed by atoms with E-state index in [4.69, 9.17) is 5.11 Å². The van der Waals surface area contributed by atoms with E-state index < -0.39 is 5.97 Å². The summed E-state index contributed by atoms with van der Waals surface area (Å²) in [5.74, 6) is -1.19. The highest BCUT2D eigenvalue weighted by Crippen LogP contribution is 2.24. The van der Waals surface area contributed by atoms with Gasteiger partial charge in [0.15, 0.2) is 0 Å². The molecule has 0 radical (unpaired) electrons. The average molecular weight is 283 g/mol. The van der Waals surface area contributed by atoms with Crippen LogP contribution in [-0.4, -0.2) is 65.0 Å². The Balaban J connectivity index is 2.07. The van der Waals surface area contributed by atoms with Crippen molar-refractivity contribution in [1.82, 2.24) is 15.1 Å². The van der Waals surface area contributed by atoms with Crippen LogP contribution in [0.5, 0.6) is 0 Å². The quantitative estimate of drug-likeness (QED) is 0.777. The third-order valence-electron chi connectivity index (χ3n) is 3.85. The maximum atomic E-state index is 12.5. The highest BCUT2D eigenvalue weighted by atomic mass is 16.4. The molecule has 1 saturated heterocycles. The molecule has 20 heavy (non-hydrogen) atoms. The number of carboxylic acids is 1. The molecule has 7 nitrogen and oxygen atoms in total. The Morgan fingerprint density at radius 3 is 2.65 bits per heavy atom. The smallest absolute Gasteiger partial charge is 0.323 e. The Bertz CT molecular complexity index is 393. The predicted octanol–water partition coefficient (Wildman–Crippen LogP) is 0.258. The summed E-state index contributed by atoms with van der Waals surface area (Å²) in [5.41, 5.74) is 0. The number of nitrogens with zero attached hydrogens (tertiary/aromatic N) is 2. The van der Waals surface area contributed by atoms with E-state index in [0.717, 1.165) is 25.7 Å². The molecule has 2 aliphatic rings. The van der Waals surface area contributed by atoms with E-state index in [1.807, 2.05) is 0 Å². The summed E-state index contributed by atoms with van der Waals surface area (Å²) in [7, 11) is 0. The maximum absolute atomic E-state index is 12.5. The molecule has 0 aromatic rings. The van der Waals surface area contributed by atoms with Crippen LogP contribution in [0.25, 0.3) is 0 Å². The molecule has 0 aromatic heterocycles. The van der Waals surface area contributed by atoms with Gasteiger partial charge in [-0.15, -0.1) is 0 Å². The number of carbonyl (C=O) groups excluding carboxylic acids is 2. The Kier molecular flexibility index (Phi) is 4.81. The summed E-state index contributed by atoms with van der Waals surface area (Å²) in [6, 6.07) is -0.332. The van der Waals surface area contributed by atoms with Gasteiger partial charge in [-0.3, -0.25) is 9.59 Å². The van der Waals surface area contributed by atoms with Crippen molar-refractivity contribution >= 4 is 17.9 Å². The topological polar surface area (TPSA) is 89.9 Å². The van der Waals surface area contributed by atoms with Crippen LogP contribution in [0.15, 0.2) is 0 Å². The predicted molar refractivity (Wildman–Crippen MR) is 71.2 cm³/mol. The molecule has 2 fully saturated rings. The minimum atomic E-state index is -1.01. The van der Waals surface area contributed by atoms with Crippen LogP contribution in [0.3, 0.4) is 0 Å². The molecule has 1 heterocycles. The number of aliphatic carboxylic acids is 1. The van der Waals surface area contributed by atoms with Crippen LogP contribution in [0, 0.1) is 0 Å². The first kappa shape index (κ1) is 14.6. The first-order valence-electron chi connectivity index (χ1n) is 7.12. The fraction of sp³-hybridized carbons (Fsp3) is 0.769. The van der Waals surface area contributed by atoms with Gasteiger partial charge in [-0.25, -0.2) is 4.79 Å². The summed E-state index contributed by atoms with van der Waals surface area (Å²) < 4.78 is 0. The molecule has 0 spiro atoms. The van der Waals surface area contributed by atoms with Gasteiger partial charge in [0, 0.05) is 19.1 Å². The Morgan fingerprint density at radius 1 is 1.30 bits per heavy atom. The molecule has 0 unspecified atom stereocenters. The number of amides is 3. The van der Waals surface area contributed by atoms with Crippen molar-refractivity contribution in [1.29, 1.82) is 0 Å². The van der Waals surface area contributed by atoms with E-state index in [9.17, 15) is 14.4 Å². The van der Waals surface area contributed by atoms with Gasteiger partial charge in [-0.2, -0.15) is 0 Å². The summed E-state index contributed by atoms with van der Waals surface area (Å²) in [4.78, 5) is 37.9. The second-order valence-corrected chi connectivity index (χ2v) is 5.37. The van der Waals surface area contributed by atoms with Crippen LogP contribution >= 0.6 is 0 Å². The summed E-state index contributed by atoms with van der Waals surface area (Å²) in [5, 5.41) is 11.7. The third-order valence-corrected chi connectivity index (χ3v) is 3.85. The van der Waals surface area contributed by atoms with Gasteiger partial charge >= 0.3 is 12.0 Å². The van der Waals surface area contributed by atoms with Crippen LogP contribution in [0.1, 0.15) is 32.1 Å². The fourth-order valence-corrected chi connectivity index (χ4v) is 2.87. The third kappa shape index (κ3) is 3.61. The van der Waals surface area contributed by atoms with Crippen molar-refractivity contribution < 1.29 is 19.5 Å². The maximum Gasteiger partial charge on any atom is 0.323 e. The van der Waals surface area contributed by atoms with E-state index in [0.29, 0.717) is 19.5 Å². The van der Waals surface area contributed by atoms with Crippen molar-refractivity contribution in [2.45, 2.75) is 38.1 Å². The molecule has 2 rings (SSSR count). The van der Waals surface area contributed by atoms with Gasteiger partial charge in [0.1, 0.15) is 13.1 Å². The Hall–Kier alpha value is -1.79. The van der Waals surface area contributed by atoms with Crippen molar-refractivity contribution in [3.8, 4) is 0 Å². The lowest BCUT2D eigenvalue weighted by atomic mass is 10.2.